The van der Waals surface area contributed by atoms with Gasteiger partial charge < -0.3 is 35.4 Å². The number of rotatable bonds is 14. The number of ether oxygens (including phenoxy) is 2. The van der Waals surface area contributed by atoms with Gasteiger partial charge in [0.15, 0.2) is 23.0 Å². The lowest BCUT2D eigenvalue weighted by Crippen LogP contribution is -2.60. The van der Waals surface area contributed by atoms with E-state index < -0.39 is 35.1 Å². The van der Waals surface area contributed by atoms with Crippen LogP contribution in [0, 0.1) is 17.0 Å². The number of amides is 4. The van der Waals surface area contributed by atoms with Crippen LogP contribution in [0.3, 0.4) is 0 Å². The number of nitrogens with two attached hydrogens (primary N) is 1. The highest BCUT2D eigenvalue weighted by atomic mass is 35.5. The van der Waals surface area contributed by atoms with Gasteiger partial charge in [-0.15, -0.1) is 0 Å². The number of aromatic nitrogens is 2. The molecule has 2 atom stereocenters. The van der Waals surface area contributed by atoms with Crippen LogP contribution in [-0.4, -0.2) is 113 Å². The number of anilines is 1. The number of nitrogens with one attached hydrogen (secondary N) is 2. The van der Waals surface area contributed by atoms with E-state index in [4.69, 9.17) is 26.8 Å². The first-order valence-corrected chi connectivity index (χ1v) is 26.5. The zero-order chi connectivity index (χ0) is 50.8. The summed E-state index contributed by atoms with van der Waals surface area (Å²) in [4.78, 5) is 44.3. The number of carbonyl (C=O) groups is 3. The van der Waals surface area contributed by atoms with Crippen molar-refractivity contribution in [3.8, 4) is 22.6 Å². The molecule has 0 radical (unpaired) electrons. The minimum atomic E-state index is -1.04. The Morgan fingerprint density at radius 3 is 2.36 bits per heavy atom. The van der Waals surface area contributed by atoms with Crippen molar-refractivity contribution >= 4 is 46.2 Å². The lowest BCUT2D eigenvalue weighted by molar-refractivity contribution is -0.120. The molecule has 4 amide bonds. The maximum absolute atomic E-state index is 16.6. The van der Waals surface area contributed by atoms with Crippen LogP contribution >= 0.6 is 11.6 Å². The molecule has 4 aromatic carbocycles. The number of hydrogen-bond acceptors (Lipinski definition) is 10. The van der Waals surface area contributed by atoms with Gasteiger partial charge in [-0.05, 0) is 137 Å². The molecule has 3 aliphatic carbocycles. The molecule has 3 saturated heterocycles. The van der Waals surface area contributed by atoms with Gasteiger partial charge in [0, 0.05) is 78.7 Å². The van der Waals surface area contributed by atoms with Gasteiger partial charge in [0.25, 0.3) is 0 Å². The SMILES string of the molecule is CC1c2c(cc(F)c(Cl)c2-c2c(C(N)=O)ccc(OCCO)c2F)OC1(CNC12CCC(CN3CCC(N4CCC(c5ccc6c(N7CCC(=O)NC7=O)nn(C)c6c5)CC4)CC3)(CC1)CC2)c1ccccc1. The first kappa shape index (κ1) is 49.6. The topological polar surface area (TPSA) is 168 Å². The van der Waals surface area contributed by atoms with Crippen LogP contribution in [-0.2, 0) is 17.4 Å². The number of piperidine rings is 2. The Morgan fingerprint density at radius 2 is 1.67 bits per heavy atom. The minimum absolute atomic E-state index is 0.00534. The normalized spacial score (nSPS) is 26.1. The highest BCUT2D eigenvalue weighted by Crippen LogP contribution is 2.58. The number of benzene rings is 4. The predicted molar refractivity (Wildman–Crippen MR) is 275 cm³/mol. The number of hydrogen-bond donors (Lipinski definition) is 4. The van der Waals surface area contributed by atoms with Crippen molar-refractivity contribution in [2.75, 3.05) is 63.9 Å². The van der Waals surface area contributed by atoms with Gasteiger partial charge in [-0.1, -0.05) is 54.9 Å². The van der Waals surface area contributed by atoms with Crippen LogP contribution in [0.4, 0.5) is 19.4 Å². The monoisotopic (exact) mass is 1020 g/mol. The van der Waals surface area contributed by atoms with E-state index in [2.05, 4.69) is 43.7 Å². The summed E-state index contributed by atoms with van der Waals surface area (Å²) in [5, 5.41) is 21.1. The van der Waals surface area contributed by atoms with Crippen molar-refractivity contribution in [3.05, 3.63) is 106 Å². The molecule has 2 unspecified atom stereocenters. The van der Waals surface area contributed by atoms with Crippen LogP contribution in [0.1, 0.15) is 116 Å². The smallest absolute Gasteiger partial charge is 0.329 e. The molecule has 5 aromatic rings. The third kappa shape index (κ3) is 8.94. The quantitative estimate of drug-likeness (QED) is 0.0847. The van der Waals surface area contributed by atoms with E-state index >= 15 is 8.78 Å². The number of likely N-dealkylation sites (tertiary alicyclic amines) is 2. The molecule has 386 valence electrons. The number of halogens is 3. The second kappa shape index (κ2) is 19.6. The summed E-state index contributed by atoms with van der Waals surface area (Å²) in [7, 11) is 1.91. The Kier molecular flexibility index (Phi) is 13.3. The number of imide groups is 1. The van der Waals surface area contributed by atoms with E-state index in [1.165, 1.54) is 36.6 Å². The molecule has 1 aromatic heterocycles. The lowest BCUT2D eigenvalue weighted by atomic mass is 9.57. The Hall–Kier alpha value is -5.65. The molecular formula is C56H65ClF2N8O6. The Bertz CT molecular complexity index is 2930. The number of urea groups is 1. The van der Waals surface area contributed by atoms with Gasteiger partial charge in [-0.3, -0.25) is 24.5 Å². The summed E-state index contributed by atoms with van der Waals surface area (Å²) < 4.78 is 46.9. The molecule has 14 nitrogen and oxygen atoms in total. The van der Waals surface area contributed by atoms with Crippen LogP contribution in [0.2, 0.25) is 5.02 Å². The van der Waals surface area contributed by atoms with E-state index in [1.807, 2.05) is 49.0 Å². The fraction of sp³-hybridized carbons (Fsp3) is 0.500. The third-order valence-corrected chi connectivity index (χ3v) is 18.2. The number of aliphatic hydroxyl groups is 1. The molecule has 5 heterocycles. The van der Waals surface area contributed by atoms with Crippen molar-refractivity contribution in [3.63, 3.8) is 0 Å². The second-order valence-corrected chi connectivity index (χ2v) is 22.1. The maximum Gasteiger partial charge on any atom is 0.329 e. The van der Waals surface area contributed by atoms with Gasteiger partial charge in [0.2, 0.25) is 11.8 Å². The van der Waals surface area contributed by atoms with Gasteiger partial charge in [-0.2, -0.15) is 5.10 Å². The molecular weight excluding hydrogens is 954 g/mol. The van der Waals surface area contributed by atoms with Crippen LogP contribution in [0.5, 0.6) is 11.5 Å². The Labute approximate surface area is 429 Å². The van der Waals surface area contributed by atoms with Gasteiger partial charge in [0.1, 0.15) is 18.2 Å². The molecule has 2 bridgehead atoms. The van der Waals surface area contributed by atoms with Crippen LogP contribution < -0.4 is 30.7 Å². The van der Waals surface area contributed by atoms with E-state index in [-0.39, 0.29) is 69.7 Å². The summed E-state index contributed by atoms with van der Waals surface area (Å²) in [5.41, 5.74) is 8.16. The van der Waals surface area contributed by atoms with Gasteiger partial charge >= 0.3 is 6.03 Å². The molecule has 17 heteroatoms. The first-order chi connectivity index (χ1) is 35.2. The van der Waals surface area contributed by atoms with E-state index in [0.717, 1.165) is 101 Å². The number of aliphatic hydroxyl groups excluding tert-OH is 1. The average Bonchev–Trinajstić information content (AvgIpc) is 3.88. The van der Waals surface area contributed by atoms with Gasteiger partial charge in [-0.25, -0.2) is 13.6 Å². The summed E-state index contributed by atoms with van der Waals surface area (Å²) in [6.07, 6.45) is 11.4. The van der Waals surface area contributed by atoms with Crippen molar-refractivity contribution in [1.29, 1.82) is 0 Å². The van der Waals surface area contributed by atoms with Crippen molar-refractivity contribution in [2.24, 2.45) is 18.2 Å². The zero-order valence-electron chi connectivity index (χ0n) is 41.7. The predicted octanol–water partition coefficient (Wildman–Crippen LogP) is 8.51. The fourth-order valence-electron chi connectivity index (χ4n) is 13.6. The lowest BCUT2D eigenvalue weighted by Gasteiger charge is -2.56. The third-order valence-electron chi connectivity index (χ3n) is 17.8. The Morgan fingerprint density at radius 1 is 0.945 bits per heavy atom. The number of primary amides is 1. The maximum atomic E-state index is 16.6. The van der Waals surface area contributed by atoms with Gasteiger partial charge in [0.05, 0.1) is 22.7 Å². The highest BCUT2D eigenvalue weighted by Gasteiger charge is 2.54. The molecule has 0 spiro atoms. The van der Waals surface area contributed by atoms with Crippen LogP contribution in [0.25, 0.3) is 22.0 Å². The van der Waals surface area contributed by atoms with Crippen molar-refractivity contribution < 1.29 is 37.7 Å². The number of fused-ring (bicyclic) bond motifs is 5. The number of aryl methyl sites for hydroxylation is 1. The zero-order valence-corrected chi connectivity index (χ0v) is 42.4. The second-order valence-electron chi connectivity index (χ2n) is 21.7. The minimum Gasteiger partial charge on any atom is -0.488 e. The number of carbonyl (C=O) groups excluding carboxylic acids is 3. The fourth-order valence-corrected chi connectivity index (χ4v) is 13.8. The van der Waals surface area contributed by atoms with E-state index in [1.54, 1.807) is 4.90 Å². The summed E-state index contributed by atoms with van der Waals surface area (Å²) in [6.45, 7) is 7.68. The highest BCUT2D eigenvalue weighted by molar-refractivity contribution is 6.34. The summed E-state index contributed by atoms with van der Waals surface area (Å²) in [6, 6.07) is 20.4. The Balaban J connectivity index is 0.720. The van der Waals surface area contributed by atoms with Crippen molar-refractivity contribution in [2.45, 2.75) is 107 Å². The summed E-state index contributed by atoms with van der Waals surface area (Å²) in [5.74, 6) is -2.37. The van der Waals surface area contributed by atoms with E-state index in [0.29, 0.717) is 36.4 Å². The standard InChI is InChI=1S/C56H65ClF2N8O6/c1-34-46-44(31-41(58)49(57)48(46)47-40(51(60)70)10-11-43(50(47)59)72-29-28-68)73-56(34,37-6-4-3-5-7-37)32-61-55-20-17-54(18-21-55,19-22-55)33-65-23-14-38(15-24-65)66-25-12-35(13-26-66)36-8-9-39-42(30-36)64(2)63-52(39)67-27-16-45(69)62-53(67)71/h3-11,30-31,34-35,38,61,68H,12-29,32-33H2,1-2H3,(H2,60,70)(H,62,69,71). The molecule has 7 aliphatic rings. The molecule has 6 fully saturated rings. The summed E-state index contributed by atoms with van der Waals surface area (Å²) >= 11 is 6.79. The average molecular weight is 1020 g/mol. The molecule has 12 rings (SSSR count). The molecule has 73 heavy (non-hydrogen) atoms. The van der Waals surface area contributed by atoms with Crippen LogP contribution in [0.15, 0.2) is 66.7 Å². The van der Waals surface area contributed by atoms with E-state index in [9.17, 15) is 19.5 Å². The van der Waals surface area contributed by atoms with Crippen molar-refractivity contribution in [1.82, 2.24) is 30.2 Å². The first-order valence-electron chi connectivity index (χ1n) is 26.1. The molecule has 4 aliphatic heterocycles. The number of nitrogens with zero attached hydrogens (tertiary/aromatic N) is 5. The molecule has 3 saturated carbocycles. The molecule has 5 N–H and O–H groups in total. The largest absolute Gasteiger partial charge is 0.488 e.